The van der Waals surface area contributed by atoms with Gasteiger partial charge in [0, 0.05) is 6.04 Å². The van der Waals surface area contributed by atoms with Crippen LogP contribution in [0.15, 0.2) is 24.3 Å². The highest BCUT2D eigenvalue weighted by molar-refractivity contribution is 7.22. The Morgan fingerprint density at radius 2 is 2.30 bits per heavy atom. The Labute approximate surface area is 121 Å². The Hall–Kier alpha value is -1.50. The summed E-state index contributed by atoms with van der Waals surface area (Å²) < 4.78 is 6.48. The van der Waals surface area contributed by atoms with E-state index in [2.05, 4.69) is 15.6 Å². The first-order chi connectivity index (χ1) is 9.78. The minimum absolute atomic E-state index is 0.0208. The average Bonchev–Trinajstić information content (AvgIpc) is 3.04. The van der Waals surface area contributed by atoms with E-state index in [1.54, 1.807) is 0 Å². The molecule has 2 N–H and O–H groups in total. The van der Waals surface area contributed by atoms with Crippen LogP contribution in [0.25, 0.3) is 10.2 Å². The minimum atomic E-state index is -0.151. The maximum atomic E-state index is 12.3. The molecule has 0 aliphatic carbocycles. The number of hydrogen-bond donors (Lipinski definition) is 2. The molecule has 1 aromatic heterocycles. The highest BCUT2D eigenvalue weighted by Crippen LogP contribution is 2.26. The summed E-state index contributed by atoms with van der Waals surface area (Å²) >= 11 is 1.49. The molecule has 6 heteroatoms. The minimum Gasteiger partial charge on any atom is -0.379 e. The molecule has 3 rings (SSSR count). The maximum absolute atomic E-state index is 12.3. The van der Waals surface area contributed by atoms with E-state index in [-0.39, 0.29) is 17.9 Å². The fourth-order valence-corrected chi connectivity index (χ4v) is 3.27. The van der Waals surface area contributed by atoms with Crippen LogP contribution in [-0.2, 0) is 9.53 Å². The van der Waals surface area contributed by atoms with E-state index in [0.717, 1.165) is 16.8 Å². The molecule has 2 aromatic rings. The van der Waals surface area contributed by atoms with Gasteiger partial charge in [0.05, 0.1) is 29.3 Å². The summed E-state index contributed by atoms with van der Waals surface area (Å²) in [5.74, 6) is -0.172. The van der Waals surface area contributed by atoms with Crippen LogP contribution < -0.4 is 10.6 Å². The lowest BCUT2D eigenvalue weighted by Crippen LogP contribution is -2.41. The fourth-order valence-electron chi connectivity index (χ4n) is 2.40. The Morgan fingerprint density at radius 1 is 1.45 bits per heavy atom. The first-order valence-corrected chi connectivity index (χ1v) is 7.57. The second kappa shape index (κ2) is 5.87. The second-order valence-corrected chi connectivity index (χ2v) is 5.81. The number of carbonyl (C=O) groups is 1. The van der Waals surface area contributed by atoms with Gasteiger partial charge in [-0.05, 0) is 18.7 Å². The van der Waals surface area contributed by atoms with Crippen molar-refractivity contribution in [3.8, 4) is 0 Å². The molecular formula is C14H17N3O2S. The van der Waals surface area contributed by atoms with Gasteiger partial charge < -0.3 is 15.4 Å². The number of thiazole rings is 1. The van der Waals surface area contributed by atoms with E-state index in [1.165, 1.54) is 11.3 Å². The predicted octanol–water partition coefficient (Wildman–Crippen LogP) is 1.86. The van der Waals surface area contributed by atoms with Crippen LogP contribution in [0.3, 0.4) is 0 Å². The number of aromatic nitrogens is 1. The van der Waals surface area contributed by atoms with E-state index in [1.807, 2.05) is 31.2 Å². The summed E-state index contributed by atoms with van der Waals surface area (Å²) in [6.07, 6.45) is 0. The van der Waals surface area contributed by atoms with Crippen molar-refractivity contribution in [2.24, 2.45) is 5.92 Å². The number of nitrogens with zero attached hydrogens (tertiary/aromatic N) is 1. The van der Waals surface area contributed by atoms with Gasteiger partial charge in [-0.2, -0.15) is 0 Å². The summed E-state index contributed by atoms with van der Waals surface area (Å²) in [5, 5.41) is 6.85. The third kappa shape index (κ3) is 2.67. The van der Waals surface area contributed by atoms with Gasteiger partial charge in [-0.3, -0.25) is 4.79 Å². The molecule has 0 saturated carbocycles. The van der Waals surface area contributed by atoms with Crippen LogP contribution in [0.5, 0.6) is 0 Å². The van der Waals surface area contributed by atoms with Crippen molar-refractivity contribution < 1.29 is 9.53 Å². The normalized spacial score (nSPS) is 22.2. The first kappa shape index (κ1) is 13.5. The van der Waals surface area contributed by atoms with Crippen LogP contribution in [0.4, 0.5) is 5.13 Å². The monoisotopic (exact) mass is 291 g/mol. The van der Waals surface area contributed by atoms with Gasteiger partial charge >= 0.3 is 0 Å². The van der Waals surface area contributed by atoms with Crippen LogP contribution in [0, 0.1) is 5.92 Å². The van der Waals surface area contributed by atoms with Gasteiger partial charge in [0.25, 0.3) is 0 Å². The lowest BCUT2D eigenvalue weighted by molar-refractivity contribution is -0.120. The molecule has 20 heavy (non-hydrogen) atoms. The molecule has 1 saturated heterocycles. The number of rotatable bonds is 4. The van der Waals surface area contributed by atoms with Gasteiger partial charge in [-0.1, -0.05) is 30.4 Å². The summed E-state index contributed by atoms with van der Waals surface area (Å²) in [4.78, 5) is 16.7. The van der Waals surface area contributed by atoms with Crippen molar-refractivity contribution in [1.82, 2.24) is 10.3 Å². The molecule has 1 aliphatic heterocycles. The Morgan fingerprint density at radius 3 is 3.10 bits per heavy atom. The quantitative estimate of drug-likeness (QED) is 0.902. The first-order valence-electron chi connectivity index (χ1n) is 6.75. The number of para-hydroxylation sites is 1. The van der Waals surface area contributed by atoms with Crippen molar-refractivity contribution in [1.29, 1.82) is 0 Å². The van der Waals surface area contributed by atoms with Crippen molar-refractivity contribution in [3.63, 3.8) is 0 Å². The van der Waals surface area contributed by atoms with E-state index in [4.69, 9.17) is 4.74 Å². The number of hydrogen-bond acceptors (Lipinski definition) is 5. The third-order valence-electron chi connectivity index (χ3n) is 3.41. The number of benzene rings is 1. The lowest BCUT2D eigenvalue weighted by Gasteiger charge is -2.16. The zero-order valence-electron chi connectivity index (χ0n) is 11.3. The summed E-state index contributed by atoms with van der Waals surface area (Å²) in [7, 11) is 0. The molecule has 0 spiro atoms. The Bertz CT molecular complexity index is 580. The van der Waals surface area contributed by atoms with Crippen molar-refractivity contribution in [2.45, 2.75) is 13.0 Å². The van der Waals surface area contributed by atoms with E-state index in [0.29, 0.717) is 18.3 Å². The zero-order chi connectivity index (χ0) is 13.9. The maximum Gasteiger partial charge on any atom is 0.233 e. The van der Waals surface area contributed by atoms with Gasteiger partial charge in [0.15, 0.2) is 5.13 Å². The van der Waals surface area contributed by atoms with E-state index >= 15 is 0 Å². The van der Waals surface area contributed by atoms with Crippen LogP contribution in [0.2, 0.25) is 0 Å². The largest absolute Gasteiger partial charge is 0.379 e. The molecule has 1 fully saturated rings. The highest BCUT2D eigenvalue weighted by Gasteiger charge is 2.33. The van der Waals surface area contributed by atoms with Crippen LogP contribution in [-0.4, -0.2) is 36.7 Å². The third-order valence-corrected chi connectivity index (χ3v) is 4.36. The molecule has 2 unspecified atom stereocenters. The van der Waals surface area contributed by atoms with Crippen LogP contribution in [0.1, 0.15) is 6.92 Å². The number of likely N-dealkylation sites (N-methyl/N-ethyl adjacent to an activating group) is 1. The molecular weight excluding hydrogens is 274 g/mol. The molecule has 106 valence electrons. The molecule has 0 bridgehead atoms. The summed E-state index contributed by atoms with van der Waals surface area (Å²) in [5.41, 5.74) is 0.915. The van der Waals surface area contributed by atoms with Gasteiger partial charge in [0.1, 0.15) is 0 Å². The van der Waals surface area contributed by atoms with Gasteiger partial charge in [-0.25, -0.2) is 4.98 Å². The summed E-state index contributed by atoms with van der Waals surface area (Å²) in [6.45, 7) is 3.92. The SMILES string of the molecule is CCNC1COCC1C(=O)Nc1nc2ccccc2s1. The molecule has 0 radical (unpaired) electrons. The highest BCUT2D eigenvalue weighted by atomic mass is 32.1. The topological polar surface area (TPSA) is 63.2 Å². The number of amides is 1. The lowest BCUT2D eigenvalue weighted by atomic mass is 10.0. The fraction of sp³-hybridized carbons (Fsp3) is 0.429. The molecule has 1 aromatic carbocycles. The zero-order valence-corrected chi connectivity index (χ0v) is 12.1. The smallest absolute Gasteiger partial charge is 0.233 e. The average molecular weight is 291 g/mol. The number of ether oxygens (including phenoxy) is 1. The molecule has 5 nitrogen and oxygen atoms in total. The van der Waals surface area contributed by atoms with E-state index < -0.39 is 0 Å². The van der Waals surface area contributed by atoms with Gasteiger partial charge in [0.2, 0.25) is 5.91 Å². The molecule has 2 atom stereocenters. The number of anilines is 1. The molecule has 1 amide bonds. The number of fused-ring (bicyclic) bond motifs is 1. The number of nitrogens with one attached hydrogen (secondary N) is 2. The molecule has 1 aliphatic rings. The predicted molar refractivity (Wildman–Crippen MR) is 80.0 cm³/mol. The van der Waals surface area contributed by atoms with Crippen molar-refractivity contribution in [3.05, 3.63) is 24.3 Å². The van der Waals surface area contributed by atoms with Crippen molar-refractivity contribution >= 4 is 32.6 Å². The Balaban J connectivity index is 1.71. The summed E-state index contributed by atoms with van der Waals surface area (Å²) in [6, 6.07) is 7.96. The second-order valence-electron chi connectivity index (χ2n) is 4.78. The van der Waals surface area contributed by atoms with E-state index in [9.17, 15) is 4.79 Å². The van der Waals surface area contributed by atoms with Gasteiger partial charge in [-0.15, -0.1) is 0 Å². The molecule has 2 heterocycles. The number of carbonyl (C=O) groups excluding carboxylic acids is 1. The van der Waals surface area contributed by atoms with Crippen molar-refractivity contribution in [2.75, 3.05) is 25.1 Å². The van der Waals surface area contributed by atoms with Crippen LogP contribution >= 0.6 is 11.3 Å². The Kier molecular flexibility index (Phi) is 3.95. The standard InChI is InChI=1S/C14H17N3O2S/c1-2-15-11-8-19-7-9(11)13(18)17-14-16-10-5-3-4-6-12(10)20-14/h3-6,9,11,15H,2,7-8H2,1H3,(H,16,17,18).